The van der Waals surface area contributed by atoms with Gasteiger partial charge in [0.1, 0.15) is 5.82 Å². The third kappa shape index (κ3) is 2.35. The quantitative estimate of drug-likeness (QED) is 0.773. The zero-order valence-electron chi connectivity index (χ0n) is 9.61. The molecule has 2 aromatic rings. The molecule has 0 radical (unpaired) electrons. The molecule has 90 valence electrons. The summed E-state index contributed by atoms with van der Waals surface area (Å²) in [4.78, 5) is 0. The first-order valence-electron chi connectivity index (χ1n) is 5.27. The van der Waals surface area contributed by atoms with Gasteiger partial charge in [0.25, 0.3) is 0 Å². The fourth-order valence-electron chi connectivity index (χ4n) is 1.79. The van der Waals surface area contributed by atoms with E-state index < -0.39 is 0 Å². The minimum Gasteiger partial charge on any atom is -0.383 e. The summed E-state index contributed by atoms with van der Waals surface area (Å²) in [6.45, 7) is 4.07. The third-order valence-corrected chi connectivity index (χ3v) is 4.82. The Labute approximate surface area is 123 Å². The molecule has 0 aliphatic rings. The zero-order chi connectivity index (χ0) is 12.6. The molecule has 5 heteroatoms. The van der Waals surface area contributed by atoms with Crippen molar-refractivity contribution in [3.05, 3.63) is 43.6 Å². The van der Waals surface area contributed by atoms with Crippen LogP contribution in [0.5, 0.6) is 0 Å². The van der Waals surface area contributed by atoms with E-state index in [1.54, 1.807) is 0 Å². The molecule has 0 saturated heterocycles. The largest absolute Gasteiger partial charge is 0.383 e. The lowest BCUT2D eigenvalue weighted by Gasteiger charge is -2.15. The molecule has 1 unspecified atom stereocenters. The smallest absolute Gasteiger partial charge is 0.136 e. The molecule has 1 aromatic heterocycles. The van der Waals surface area contributed by atoms with Gasteiger partial charge >= 0.3 is 0 Å². The lowest BCUT2D eigenvalue weighted by Crippen LogP contribution is -2.12. The number of halogens is 2. The first kappa shape index (κ1) is 12.9. The highest BCUT2D eigenvalue weighted by Crippen LogP contribution is 2.29. The SMILES string of the molecule is Cc1nn(C(C)c2ccccc2Br)c(N)c1I. The molecule has 1 aromatic carbocycles. The van der Waals surface area contributed by atoms with Crippen LogP contribution < -0.4 is 5.73 Å². The highest BCUT2D eigenvalue weighted by Gasteiger charge is 2.17. The molecule has 0 amide bonds. The van der Waals surface area contributed by atoms with Crippen LogP contribution in [-0.2, 0) is 0 Å². The number of benzene rings is 1. The summed E-state index contributed by atoms with van der Waals surface area (Å²) in [5, 5.41) is 4.49. The lowest BCUT2D eigenvalue weighted by molar-refractivity contribution is 0.567. The number of hydrogen-bond acceptors (Lipinski definition) is 2. The number of rotatable bonds is 2. The van der Waals surface area contributed by atoms with Gasteiger partial charge in [-0.25, -0.2) is 4.68 Å². The minimum atomic E-state index is 0.118. The van der Waals surface area contributed by atoms with E-state index >= 15 is 0 Å². The second kappa shape index (κ2) is 4.97. The maximum atomic E-state index is 6.07. The average Bonchev–Trinajstić information content (AvgIpc) is 2.57. The normalized spacial score (nSPS) is 12.7. The molecular weight excluding hydrogens is 393 g/mol. The first-order valence-corrected chi connectivity index (χ1v) is 7.14. The predicted octanol–water partition coefficient (Wildman–Crippen LogP) is 3.75. The molecule has 0 fully saturated rings. The highest BCUT2D eigenvalue weighted by atomic mass is 127. The Kier molecular flexibility index (Phi) is 3.77. The molecule has 2 rings (SSSR count). The van der Waals surface area contributed by atoms with Gasteiger partial charge in [0, 0.05) is 4.47 Å². The molecule has 3 nitrogen and oxygen atoms in total. The summed E-state index contributed by atoms with van der Waals surface area (Å²) < 4.78 is 3.98. The van der Waals surface area contributed by atoms with E-state index in [0.717, 1.165) is 19.6 Å². The Bertz CT molecular complexity index is 551. The van der Waals surface area contributed by atoms with Crippen molar-refractivity contribution >= 4 is 44.3 Å². The van der Waals surface area contributed by atoms with Crippen LogP contribution in [0.2, 0.25) is 0 Å². The average molecular weight is 406 g/mol. The number of nitrogens with two attached hydrogens (primary N) is 1. The van der Waals surface area contributed by atoms with Gasteiger partial charge in [-0.1, -0.05) is 34.1 Å². The van der Waals surface area contributed by atoms with Gasteiger partial charge in [0.15, 0.2) is 0 Å². The van der Waals surface area contributed by atoms with Crippen molar-refractivity contribution in [1.82, 2.24) is 9.78 Å². The number of hydrogen-bond donors (Lipinski definition) is 1. The van der Waals surface area contributed by atoms with Gasteiger partial charge in [-0.05, 0) is 48.1 Å². The second-order valence-electron chi connectivity index (χ2n) is 3.93. The van der Waals surface area contributed by atoms with Crippen molar-refractivity contribution in [3.8, 4) is 0 Å². The monoisotopic (exact) mass is 405 g/mol. The predicted molar refractivity (Wildman–Crippen MR) is 82.0 cm³/mol. The molecule has 0 bridgehead atoms. The maximum Gasteiger partial charge on any atom is 0.136 e. The number of aryl methyl sites for hydroxylation is 1. The van der Waals surface area contributed by atoms with E-state index in [1.807, 2.05) is 29.8 Å². The van der Waals surface area contributed by atoms with Crippen molar-refractivity contribution in [2.24, 2.45) is 0 Å². The van der Waals surface area contributed by atoms with Crippen LogP contribution in [0.3, 0.4) is 0 Å². The number of nitrogen functional groups attached to an aromatic ring is 1. The first-order chi connectivity index (χ1) is 8.02. The molecule has 0 saturated carbocycles. The standard InChI is InChI=1S/C12H13BrIN3/c1-7-11(14)12(15)17(16-7)8(2)9-5-3-4-6-10(9)13/h3-6,8H,15H2,1-2H3. The van der Waals surface area contributed by atoms with Gasteiger partial charge in [0.2, 0.25) is 0 Å². The van der Waals surface area contributed by atoms with E-state index in [4.69, 9.17) is 5.73 Å². The van der Waals surface area contributed by atoms with Crippen LogP contribution in [0.4, 0.5) is 5.82 Å². The van der Waals surface area contributed by atoms with Crippen LogP contribution in [0.15, 0.2) is 28.7 Å². The minimum absolute atomic E-state index is 0.118. The fourth-order valence-corrected chi connectivity index (χ4v) is 2.76. The van der Waals surface area contributed by atoms with E-state index in [-0.39, 0.29) is 6.04 Å². The summed E-state index contributed by atoms with van der Waals surface area (Å²) in [5.41, 5.74) is 8.22. The molecule has 1 heterocycles. The topological polar surface area (TPSA) is 43.8 Å². The summed E-state index contributed by atoms with van der Waals surface area (Å²) in [5.74, 6) is 0.728. The summed E-state index contributed by atoms with van der Waals surface area (Å²) in [6.07, 6.45) is 0. The van der Waals surface area contributed by atoms with Gasteiger partial charge < -0.3 is 5.73 Å². The van der Waals surface area contributed by atoms with E-state index in [9.17, 15) is 0 Å². The Balaban J connectivity index is 2.48. The molecular formula is C12H13BrIN3. The lowest BCUT2D eigenvalue weighted by atomic mass is 10.1. The molecule has 0 aliphatic carbocycles. The van der Waals surface area contributed by atoms with Gasteiger partial charge in [-0.2, -0.15) is 5.10 Å². The molecule has 2 N–H and O–H groups in total. The van der Waals surface area contributed by atoms with Crippen molar-refractivity contribution < 1.29 is 0 Å². The fraction of sp³-hybridized carbons (Fsp3) is 0.250. The Morgan fingerprint density at radius 3 is 2.59 bits per heavy atom. The van der Waals surface area contributed by atoms with Crippen LogP contribution in [0, 0.1) is 10.5 Å². The number of nitrogens with zero attached hydrogens (tertiary/aromatic N) is 2. The number of aromatic nitrogens is 2. The van der Waals surface area contributed by atoms with E-state index in [1.165, 1.54) is 5.56 Å². The zero-order valence-corrected chi connectivity index (χ0v) is 13.4. The molecule has 0 spiro atoms. The summed E-state index contributed by atoms with van der Waals surface area (Å²) in [7, 11) is 0. The Morgan fingerprint density at radius 2 is 2.06 bits per heavy atom. The highest BCUT2D eigenvalue weighted by molar-refractivity contribution is 14.1. The van der Waals surface area contributed by atoms with Crippen molar-refractivity contribution in [1.29, 1.82) is 0 Å². The van der Waals surface area contributed by atoms with E-state index in [0.29, 0.717) is 0 Å². The van der Waals surface area contributed by atoms with Crippen LogP contribution in [-0.4, -0.2) is 9.78 Å². The van der Waals surface area contributed by atoms with Gasteiger partial charge in [-0.3, -0.25) is 0 Å². The van der Waals surface area contributed by atoms with E-state index in [2.05, 4.69) is 56.6 Å². The van der Waals surface area contributed by atoms with Crippen LogP contribution in [0.1, 0.15) is 24.2 Å². The molecule has 1 atom stereocenters. The maximum absolute atomic E-state index is 6.07. The summed E-state index contributed by atoms with van der Waals surface area (Å²) in [6, 6.07) is 8.25. The Morgan fingerprint density at radius 1 is 1.41 bits per heavy atom. The number of anilines is 1. The molecule has 0 aliphatic heterocycles. The third-order valence-electron chi connectivity index (χ3n) is 2.77. The van der Waals surface area contributed by atoms with Crippen LogP contribution >= 0.6 is 38.5 Å². The molecule has 17 heavy (non-hydrogen) atoms. The second-order valence-corrected chi connectivity index (χ2v) is 5.86. The van der Waals surface area contributed by atoms with Gasteiger partial charge in [-0.15, -0.1) is 0 Å². The van der Waals surface area contributed by atoms with Crippen molar-refractivity contribution in [2.75, 3.05) is 5.73 Å². The van der Waals surface area contributed by atoms with Crippen LogP contribution in [0.25, 0.3) is 0 Å². The Hall–Kier alpha value is -0.560. The van der Waals surface area contributed by atoms with Crippen molar-refractivity contribution in [2.45, 2.75) is 19.9 Å². The summed E-state index contributed by atoms with van der Waals surface area (Å²) >= 11 is 5.79. The van der Waals surface area contributed by atoms with Gasteiger partial charge in [0.05, 0.1) is 15.3 Å². The van der Waals surface area contributed by atoms with Crippen molar-refractivity contribution in [3.63, 3.8) is 0 Å².